The first-order valence-electron chi connectivity index (χ1n) is 9.62. The van der Waals surface area contributed by atoms with Gasteiger partial charge in [0.1, 0.15) is 0 Å². The Bertz CT molecular complexity index is 704. The summed E-state index contributed by atoms with van der Waals surface area (Å²) >= 11 is 0. The van der Waals surface area contributed by atoms with Crippen LogP contribution in [0.4, 0.5) is 5.69 Å². The lowest BCUT2D eigenvalue weighted by atomic mass is 10.1. The first-order valence-corrected chi connectivity index (χ1v) is 9.62. The lowest BCUT2D eigenvalue weighted by Crippen LogP contribution is -2.51. The number of hydrogen-bond donors (Lipinski definition) is 0. The van der Waals surface area contributed by atoms with E-state index in [-0.39, 0.29) is 23.6 Å². The number of piperazine rings is 1. The van der Waals surface area contributed by atoms with Crippen LogP contribution in [0.15, 0.2) is 24.3 Å². The van der Waals surface area contributed by atoms with Crippen molar-refractivity contribution in [2.24, 2.45) is 5.92 Å². The van der Waals surface area contributed by atoms with Crippen LogP contribution >= 0.6 is 0 Å². The molecule has 26 heavy (non-hydrogen) atoms. The van der Waals surface area contributed by atoms with Gasteiger partial charge in [-0.1, -0.05) is 0 Å². The highest BCUT2D eigenvalue weighted by molar-refractivity contribution is 5.97. The van der Waals surface area contributed by atoms with Crippen LogP contribution in [-0.4, -0.2) is 60.2 Å². The van der Waals surface area contributed by atoms with Gasteiger partial charge in [0, 0.05) is 56.3 Å². The number of amides is 3. The molecule has 0 atom stereocenters. The molecule has 0 unspecified atom stereocenters. The van der Waals surface area contributed by atoms with Crippen molar-refractivity contribution in [3.05, 3.63) is 29.8 Å². The van der Waals surface area contributed by atoms with Crippen molar-refractivity contribution in [2.45, 2.75) is 32.1 Å². The minimum absolute atomic E-state index is 0.0000385. The zero-order chi connectivity index (χ0) is 18.1. The van der Waals surface area contributed by atoms with Gasteiger partial charge < -0.3 is 14.7 Å². The summed E-state index contributed by atoms with van der Waals surface area (Å²) in [6.45, 7) is 3.18. The average molecular weight is 355 g/mol. The van der Waals surface area contributed by atoms with Gasteiger partial charge in [0.2, 0.25) is 11.8 Å². The van der Waals surface area contributed by atoms with Crippen LogP contribution in [0.3, 0.4) is 0 Å². The van der Waals surface area contributed by atoms with Gasteiger partial charge in [0.25, 0.3) is 5.91 Å². The zero-order valence-corrected chi connectivity index (χ0v) is 15.0. The molecule has 0 radical (unpaired) electrons. The van der Waals surface area contributed by atoms with Gasteiger partial charge in [0.15, 0.2) is 0 Å². The van der Waals surface area contributed by atoms with E-state index in [0.29, 0.717) is 38.2 Å². The largest absolute Gasteiger partial charge is 0.339 e. The number of carbonyl (C=O) groups excluding carboxylic acids is 3. The fourth-order valence-corrected chi connectivity index (χ4v) is 3.76. The molecule has 1 aliphatic carbocycles. The predicted octanol–water partition coefficient (Wildman–Crippen LogP) is 1.90. The lowest BCUT2D eigenvalue weighted by molar-refractivity contribution is -0.134. The third kappa shape index (κ3) is 3.45. The Morgan fingerprint density at radius 2 is 1.50 bits per heavy atom. The van der Waals surface area contributed by atoms with Crippen LogP contribution in [0.5, 0.6) is 0 Å². The van der Waals surface area contributed by atoms with E-state index < -0.39 is 0 Å². The lowest BCUT2D eigenvalue weighted by Gasteiger charge is -2.35. The molecule has 1 saturated carbocycles. The highest BCUT2D eigenvalue weighted by Crippen LogP contribution is 2.31. The summed E-state index contributed by atoms with van der Waals surface area (Å²) in [5, 5.41) is 0. The van der Waals surface area contributed by atoms with Gasteiger partial charge in [0.05, 0.1) is 0 Å². The first kappa shape index (κ1) is 17.1. The Kier molecular flexibility index (Phi) is 4.66. The molecule has 3 aliphatic rings. The summed E-state index contributed by atoms with van der Waals surface area (Å²) < 4.78 is 0. The van der Waals surface area contributed by atoms with E-state index in [2.05, 4.69) is 0 Å². The minimum Gasteiger partial charge on any atom is -0.339 e. The quantitative estimate of drug-likeness (QED) is 0.832. The van der Waals surface area contributed by atoms with E-state index in [1.165, 1.54) is 0 Å². The van der Waals surface area contributed by atoms with Crippen LogP contribution in [0.25, 0.3) is 0 Å². The average Bonchev–Trinajstić information content (AvgIpc) is 3.53. The molecule has 2 saturated heterocycles. The highest BCUT2D eigenvalue weighted by Gasteiger charge is 2.35. The second kappa shape index (κ2) is 7.09. The Morgan fingerprint density at radius 3 is 2.12 bits per heavy atom. The summed E-state index contributed by atoms with van der Waals surface area (Å²) in [7, 11) is 0. The molecule has 0 bridgehead atoms. The fraction of sp³-hybridized carbons (Fsp3) is 0.550. The summed E-state index contributed by atoms with van der Waals surface area (Å²) in [6, 6.07) is 7.34. The van der Waals surface area contributed by atoms with E-state index in [4.69, 9.17) is 0 Å². The van der Waals surface area contributed by atoms with Crippen molar-refractivity contribution >= 4 is 23.4 Å². The topological polar surface area (TPSA) is 60.9 Å². The Labute approximate surface area is 153 Å². The number of piperidine rings is 1. The maximum Gasteiger partial charge on any atom is 0.253 e. The normalized spacial score (nSPS) is 21.1. The molecule has 1 aromatic carbocycles. The summed E-state index contributed by atoms with van der Waals surface area (Å²) in [6.07, 6.45) is 4.62. The molecule has 1 aromatic rings. The van der Waals surface area contributed by atoms with Gasteiger partial charge in [-0.2, -0.15) is 0 Å². The molecule has 3 amide bonds. The SMILES string of the molecule is O=C(c1ccc(N2CCCCC2=O)cc1)N1CCN(C(=O)C2CC2)CC1. The van der Waals surface area contributed by atoms with Crippen LogP contribution in [0.2, 0.25) is 0 Å². The Hall–Kier alpha value is -2.37. The second-order valence-corrected chi connectivity index (χ2v) is 7.44. The highest BCUT2D eigenvalue weighted by atomic mass is 16.2. The van der Waals surface area contributed by atoms with E-state index in [1.807, 2.05) is 21.9 Å². The first-order chi connectivity index (χ1) is 12.6. The summed E-state index contributed by atoms with van der Waals surface area (Å²) in [5.41, 5.74) is 1.51. The molecule has 0 spiro atoms. The molecule has 0 N–H and O–H groups in total. The van der Waals surface area contributed by atoms with Gasteiger partial charge in [-0.15, -0.1) is 0 Å². The van der Waals surface area contributed by atoms with E-state index >= 15 is 0 Å². The number of benzene rings is 1. The zero-order valence-electron chi connectivity index (χ0n) is 15.0. The summed E-state index contributed by atoms with van der Waals surface area (Å²) in [4.78, 5) is 42.4. The number of carbonyl (C=O) groups is 3. The Balaban J connectivity index is 1.36. The van der Waals surface area contributed by atoms with Crippen molar-refractivity contribution < 1.29 is 14.4 Å². The third-order valence-electron chi connectivity index (χ3n) is 5.55. The molecule has 6 heteroatoms. The van der Waals surface area contributed by atoms with Crippen LogP contribution < -0.4 is 4.90 Å². The van der Waals surface area contributed by atoms with Crippen molar-refractivity contribution in [3.8, 4) is 0 Å². The number of rotatable bonds is 3. The standard InChI is InChI=1S/C20H25N3O3/c24-18-3-1-2-10-23(18)17-8-6-16(7-9-17)20(26)22-13-11-21(12-14-22)19(25)15-4-5-15/h6-9,15H,1-5,10-14H2. The second-order valence-electron chi connectivity index (χ2n) is 7.44. The van der Waals surface area contributed by atoms with Crippen molar-refractivity contribution in [1.82, 2.24) is 9.80 Å². The molecular formula is C20H25N3O3. The number of hydrogen-bond acceptors (Lipinski definition) is 3. The van der Waals surface area contributed by atoms with Gasteiger partial charge in [-0.25, -0.2) is 0 Å². The maximum atomic E-state index is 12.7. The molecule has 2 heterocycles. The predicted molar refractivity (Wildman–Crippen MR) is 97.9 cm³/mol. The minimum atomic E-state index is 0.0000385. The molecule has 138 valence electrons. The van der Waals surface area contributed by atoms with E-state index in [1.54, 1.807) is 17.0 Å². The van der Waals surface area contributed by atoms with Crippen molar-refractivity contribution in [2.75, 3.05) is 37.6 Å². The van der Waals surface area contributed by atoms with Crippen molar-refractivity contribution in [1.29, 1.82) is 0 Å². The molecular weight excluding hydrogens is 330 g/mol. The molecule has 6 nitrogen and oxygen atoms in total. The third-order valence-corrected chi connectivity index (χ3v) is 5.55. The Morgan fingerprint density at radius 1 is 0.846 bits per heavy atom. The van der Waals surface area contributed by atoms with Crippen LogP contribution in [0, 0.1) is 5.92 Å². The fourth-order valence-electron chi connectivity index (χ4n) is 3.76. The molecule has 4 rings (SSSR count). The smallest absolute Gasteiger partial charge is 0.253 e. The number of nitrogens with zero attached hydrogens (tertiary/aromatic N) is 3. The summed E-state index contributed by atoms with van der Waals surface area (Å²) in [5.74, 6) is 0.654. The maximum absolute atomic E-state index is 12.7. The van der Waals surface area contributed by atoms with Crippen molar-refractivity contribution in [3.63, 3.8) is 0 Å². The van der Waals surface area contributed by atoms with Crippen LogP contribution in [-0.2, 0) is 9.59 Å². The van der Waals surface area contributed by atoms with E-state index in [0.717, 1.165) is 37.9 Å². The van der Waals surface area contributed by atoms with Gasteiger partial charge >= 0.3 is 0 Å². The van der Waals surface area contributed by atoms with E-state index in [9.17, 15) is 14.4 Å². The molecule has 3 fully saturated rings. The number of anilines is 1. The van der Waals surface area contributed by atoms with Crippen LogP contribution in [0.1, 0.15) is 42.5 Å². The van der Waals surface area contributed by atoms with Gasteiger partial charge in [-0.05, 0) is 49.9 Å². The monoisotopic (exact) mass is 355 g/mol. The molecule has 2 aliphatic heterocycles. The van der Waals surface area contributed by atoms with Gasteiger partial charge in [-0.3, -0.25) is 14.4 Å². The molecule has 0 aromatic heterocycles.